The van der Waals surface area contributed by atoms with E-state index < -0.39 is 7.32 Å². The van der Waals surface area contributed by atoms with Crippen LogP contribution in [-0.4, -0.2) is 21.9 Å². The molecule has 0 radical (unpaired) electrons. The number of aryl methyl sites for hydroxylation is 1. The molecule has 0 spiro atoms. The maximum atomic E-state index is 8.62. The lowest BCUT2D eigenvalue weighted by molar-refractivity contribution is 0.288. The summed E-state index contributed by atoms with van der Waals surface area (Å²) in [5.74, 6) is 0.439. The summed E-state index contributed by atoms with van der Waals surface area (Å²) in [5, 5.41) is 18.3. The lowest BCUT2D eigenvalue weighted by Gasteiger charge is -2.04. The van der Waals surface area contributed by atoms with Gasteiger partial charge in [-0.3, -0.25) is 0 Å². The maximum absolute atomic E-state index is 8.62. The largest absolute Gasteiger partial charge is 0.707 e. The van der Waals surface area contributed by atoms with Crippen molar-refractivity contribution in [1.29, 1.82) is 0 Å². The molecular formula is C9H10BNO3. The van der Waals surface area contributed by atoms with Crippen LogP contribution in [0.3, 0.4) is 0 Å². The fourth-order valence-corrected chi connectivity index (χ4v) is 1.44. The second kappa shape index (κ2) is 3.36. The summed E-state index contributed by atoms with van der Waals surface area (Å²) < 4.78 is 6.68. The van der Waals surface area contributed by atoms with Crippen molar-refractivity contribution >= 4 is 18.2 Å². The first-order valence-corrected chi connectivity index (χ1v) is 4.25. The van der Waals surface area contributed by atoms with Crippen molar-refractivity contribution < 1.29 is 14.7 Å². The van der Waals surface area contributed by atoms with Gasteiger partial charge in [0.05, 0.1) is 5.52 Å². The van der Waals surface area contributed by atoms with Crippen LogP contribution in [-0.2, 0) is 7.05 Å². The first-order chi connectivity index (χ1) is 6.66. The van der Waals surface area contributed by atoms with E-state index >= 15 is 0 Å². The van der Waals surface area contributed by atoms with Crippen LogP contribution in [0.25, 0.3) is 10.9 Å². The Morgan fingerprint density at radius 2 is 2.07 bits per heavy atom. The van der Waals surface area contributed by atoms with Gasteiger partial charge in [0.2, 0.25) is 0 Å². The molecule has 0 fully saturated rings. The van der Waals surface area contributed by atoms with Gasteiger partial charge >= 0.3 is 7.32 Å². The first-order valence-electron chi connectivity index (χ1n) is 4.25. The van der Waals surface area contributed by atoms with Crippen molar-refractivity contribution in [1.82, 2.24) is 4.57 Å². The predicted octanol–water partition coefficient (Wildman–Crippen LogP) is 0.527. The number of fused-ring (bicyclic) bond motifs is 1. The van der Waals surface area contributed by atoms with Crippen LogP contribution in [0.1, 0.15) is 0 Å². The molecule has 72 valence electrons. The Labute approximate surface area is 81.5 Å². The van der Waals surface area contributed by atoms with Crippen molar-refractivity contribution in [2.75, 3.05) is 0 Å². The van der Waals surface area contributed by atoms with E-state index in [4.69, 9.17) is 14.7 Å². The van der Waals surface area contributed by atoms with Gasteiger partial charge in [0, 0.05) is 19.3 Å². The lowest BCUT2D eigenvalue weighted by Crippen LogP contribution is -2.20. The fraction of sp³-hybridized carbons (Fsp3) is 0.111. The van der Waals surface area contributed by atoms with Crippen LogP contribution in [0, 0.1) is 0 Å². The Morgan fingerprint density at radius 3 is 2.79 bits per heavy atom. The summed E-state index contributed by atoms with van der Waals surface area (Å²) in [6.45, 7) is 0. The molecule has 14 heavy (non-hydrogen) atoms. The summed E-state index contributed by atoms with van der Waals surface area (Å²) in [6.07, 6.45) is 1.93. The van der Waals surface area contributed by atoms with Crippen LogP contribution in [0.15, 0.2) is 30.5 Å². The summed E-state index contributed by atoms with van der Waals surface area (Å²) in [4.78, 5) is 0. The second-order valence-electron chi connectivity index (χ2n) is 3.09. The maximum Gasteiger partial charge on any atom is 0.707 e. The van der Waals surface area contributed by atoms with Gasteiger partial charge < -0.3 is 19.3 Å². The van der Waals surface area contributed by atoms with E-state index in [1.807, 2.05) is 29.9 Å². The molecule has 0 aliphatic carbocycles. The summed E-state index contributed by atoms with van der Waals surface area (Å²) in [7, 11) is 0.148. The SMILES string of the molecule is Cn1ccc2ccc(OB(O)O)cc21. The third kappa shape index (κ3) is 1.59. The predicted molar refractivity (Wildman–Crippen MR) is 53.7 cm³/mol. The molecule has 4 nitrogen and oxygen atoms in total. The van der Waals surface area contributed by atoms with Crippen LogP contribution < -0.4 is 4.65 Å². The quantitative estimate of drug-likeness (QED) is 0.680. The highest BCUT2D eigenvalue weighted by molar-refractivity contribution is 6.33. The molecule has 0 bridgehead atoms. The van der Waals surface area contributed by atoms with Gasteiger partial charge in [-0.15, -0.1) is 0 Å². The van der Waals surface area contributed by atoms with Crippen molar-refractivity contribution in [2.24, 2.45) is 7.05 Å². The molecule has 0 aliphatic rings. The van der Waals surface area contributed by atoms with Crippen molar-refractivity contribution in [3.8, 4) is 5.75 Å². The van der Waals surface area contributed by atoms with Gasteiger partial charge in [-0.1, -0.05) is 0 Å². The Balaban J connectivity index is 2.44. The average Bonchev–Trinajstić information content (AvgIpc) is 2.47. The third-order valence-electron chi connectivity index (χ3n) is 2.10. The Bertz CT molecular complexity index is 452. The lowest BCUT2D eigenvalue weighted by atomic mass is 10.2. The van der Waals surface area contributed by atoms with Gasteiger partial charge in [-0.05, 0) is 23.6 Å². The summed E-state index contributed by atoms with van der Waals surface area (Å²) >= 11 is 0. The number of rotatable bonds is 2. The normalized spacial score (nSPS) is 10.5. The second-order valence-corrected chi connectivity index (χ2v) is 3.09. The van der Waals surface area contributed by atoms with Gasteiger partial charge in [-0.25, -0.2) is 0 Å². The van der Waals surface area contributed by atoms with Crippen LogP contribution in [0.5, 0.6) is 5.75 Å². The topological polar surface area (TPSA) is 54.6 Å². The number of benzene rings is 1. The fourth-order valence-electron chi connectivity index (χ4n) is 1.44. The van der Waals surface area contributed by atoms with Crippen LogP contribution in [0.4, 0.5) is 0 Å². The molecular weight excluding hydrogens is 181 g/mol. The van der Waals surface area contributed by atoms with E-state index in [1.165, 1.54) is 0 Å². The molecule has 0 aliphatic heterocycles. The van der Waals surface area contributed by atoms with Gasteiger partial charge in [0.25, 0.3) is 0 Å². The smallest absolute Gasteiger partial charge is 0.512 e. The van der Waals surface area contributed by atoms with Crippen LogP contribution >= 0.6 is 0 Å². The zero-order valence-corrected chi connectivity index (χ0v) is 7.71. The zero-order valence-electron chi connectivity index (χ0n) is 7.71. The van der Waals surface area contributed by atoms with E-state index in [9.17, 15) is 0 Å². The minimum Gasteiger partial charge on any atom is -0.512 e. The molecule has 0 unspecified atom stereocenters. The molecule has 1 heterocycles. The molecule has 5 heteroatoms. The molecule has 1 aromatic heterocycles. The number of nitrogens with zero attached hydrogens (tertiary/aromatic N) is 1. The monoisotopic (exact) mass is 191 g/mol. The molecule has 0 amide bonds. The molecule has 2 N–H and O–H groups in total. The standard InChI is InChI=1S/C9H10BNO3/c1-11-5-4-7-2-3-8(6-9(7)11)14-10(12)13/h2-6,12-13H,1H3. The third-order valence-corrected chi connectivity index (χ3v) is 2.10. The number of hydrogen-bond acceptors (Lipinski definition) is 3. The highest BCUT2D eigenvalue weighted by atomic mass is 16.6. The molecule has 2 rings (SSSR count). The number of hydrogen-bond donors (Lipinski definition) is 2. The van der Waals surface area contributed by atoms with Gasteiger partial charge in [0.15, 0.2) is 0 Å². The average molecular weight is 191 g/mol. The van der Waals surface area contributed by atoms with E-state index in [2.05, 4.69) is 0 Å². The zero-order chi connectivity index (χ0) is 10.1. The summed E-state index contributed by atoms with van der Waals surface area (Å²) in [6, 6.07) is 7.30. The van der Waals surface area contributed by atoms with E-state index in [1.54, 1.807) is 12.1 Å². The minimum absolute atomic E-state index is 0.439. The highest BCUT2D eigenvalue weighted by Gasteiger charge is 2.11. The van der Waals surface area contributed by atoms with Crippen molar-refractivity contribution in [2.45, 2.75) is 0 Å². The summed E-state index contributed by atoms with van der Waals surface area (Å²) in [5.41, 5.74) is 0.989. The van der Waals surface area contributed by atoms with Crippen molar-refractivity contribution in [3.05, 3.63) is 30.5 Å². The molecule has 0 saturated carbocycles. The molecule has 1 aromatic carbocycles. The van der Waals surface area contributed by atoms with E-state index in [0.29, 0.717) is 5.75 Å². The van der Waals surface area contributed by atoms with Gasteiger partial charge in [0.1, 0.15) is 5.75 Å². The Morgan fingerprint density at radius 1 is 1.29 bits per heavy atom. The van der Waals surface area contributed by atoms with E-state index in [-0.39, 0.29) is 0 Å². The molecule has 0 atom stereocenters. The highest BCUT2D eigenvalue weighted by Crippen LogP contribution is 2.21. The first kappa shape index (κ1) is 9.11. The molecule has 0 saturated heterocycles. The molecule has 2 aromatic rings. The minimum atomic E-state index is -1.77. The van der Waals surface area contributed by atoms with E-state index in [0.717, 1.165) is 10.9 Å². The van der Waals surface area contributed by atoms with Gasteiger partial charge in [-0.2, -0.15) is 0 Å². The van der Waals surface area contributed by atoms with Crippen molar-refractivity contribution in [3.63, 3.8) is 0 Å². The number of aromatic nitrogens is 1. The van der Waals surface area contributed by atoms with Crippen LogP contribution in [0.2, 0.25) is 0 Å². The Hall–Kier alpha value is -1.46. The Kier molecular flexibility index (Phi) is 2.19.